The van der Waals surface area contributed by atoms with Gasteiger partial charge in [0.2, 0.25) is 0 Å². The molecule has 0 aliphatic carbocycles. The molecule has 7 nitrogen and oxygen atoms in total. The molecule has 0 spiro atoms. The first kappa shape index (κ1) is 22.8. The number of hydrogen-bond acceptors (Lipinski definition) is 7. The van der Waals surface area contributed by atoms with Gasteiger partial charge in [0.1, 0.15) is 0 Å². The predicted octanol–water partition coefficient (Wildman–Crippen LogP) is 4.08. The fourth-order valence-corrected chi connectivity index (χ4v) is 4.26. The van der Waals surface area contributed by atoms with Crippen molar-refractivity contribution in [3.8, 4) is 0 Å². The lowest BCUT2D eigenvalue weighted by molar-refractivity contribution is 0.0600. The smallest absolute Gasteiger partial charge is 0.337 e. The van der Waals surface area contributed by atoms with Gasteiger partial charge in [-0.1, -0.05) is 0 Å². The molecule has 4 rings (SSSR count). The number of hydrogen-bond donors (Lipinski definition) is 1. The first-order valence-electron chi connectivity index (χ1n) is 9.65. The van der Waals surface area contributed by atoms with Crippen LogP contribution in [0.15, 0.2) is 42.6 Å². The molecule has 0 bridgehead atoms. The average Bonchev–Trinajstić information content (AvgIpc) is 2.79. The van der Waals surface area contributed by atoms with Gasteiger partial charge in [0.25, 0.3) is 5.91 Å². The molecule has 31 heavy (non-hydrogen) atoms. The zero-order valence-corrected chi connectivity index (χ0v) is 18.9. The third-order valence-corrected chi connectivity index (χ3v) is 5.92. The second-order valence-corrected chi connectivity index (χ2v) is 8.19. The standard InChI is InChI=1S/C22H22N4O3S.ClH/c1-14-3-8-17-19(25-16-6-4-15(5-7-16)22(28)29-2)18(13-23-20(17)24-14)21(27)26-9-11-30-12-10-26;/h3-8,13H,9-12H2,1-2H3,(H,23,24,25);1H. The number of halogens is 1. The highest BCUT2D eigenvalue weighted by atomic mass is 35.5. The Kier molecular flexibility index (Phi) is 7.35. The molecule has 3 heterocycles. The summed E-state index contributed by atoms with van der Waals surface area (Å²) in [7, 11) is 1.35. The Bertz CT molecular complexity index is 1100. The number of benzene rings is 1. The molecule has 1 amide bonds. The second kappa shape index (κ2) is 9.98. The van der Waals surface area contributed by atoms with Crippen molar-refractivity contribution in [3.05, 3.63) is 59.4 Å². The number of amides is 1. The van der Waals surface area contributed by atoms with Gasteiger partial charge in [0.15, 0.2) is 5.65 Å². The molecular formula is C22H23ClN4O3S. The predicted molar refractivity (Wildman–Crippen MR) is 126 cm³/mol. The molecule has 1 aliphatic heterocycles. The molecule has 1 N–H and O–H groups in total. The zero-order valence-electron chi connectivity index (χ0n) is 17.3. The molecule has 0 saturated carbocycles. The lowest BCUT2D eigenvalue weighted by Crippen LogP contribution is -2.38. The number of rotatable bonds is 4. The molecule has 1 fully saturated rings. The van der Waals surface area contributed by atoms with Gasteiger partial charge < -0.3 is 15.0 Å². The second-order valence-electron chi connectivity index (χ2n) is 6.97. The van der Waals surface area contributed by atoms with E-state index in [0.717, 1.165) is 41.4 Å². The Morgan fingerprint density at radius 3 is 2.48 bits per heavy atom. The lowest BCUT2D eigenvalue weighted by Gasteiger charge is -2.27. The molecular weight excluding hydrogens is 436 g/mol. The van der Waals surface area contributed by atoms with Crippen LogP contribution in [0.2, 0.25) is 0 Å². The van der Waals surface area contributed by atoms with E-state index >= 15 is 0 Å². The minimum atomic E-state index is -0.394. The van der Waals surface area contributed by atoms with Gasteiger partial charge >= 0.3 is 5.97 Å². The first-order valence-corrected chi connectivity index (χ1v) is 10.8. The summed E-state index contributed by atoms with van der Waals surface area (Å²) in [6.07, 6.45) is 1.60. The van der Waals surface area contributed by atoms with E-state index in [-0.39, 0.29) is 18.3 Å². The molecule has 1 aromatic carbocycles. The Balaban J connectivity index is 0.00000272. The van der Waals surface area contributed by atoms with Crippen LogP contribution < -0.4 is 5.32 Å². The van der Waals surface area contributed by atoms with Crippen LogP contribution in [0.3, 0.4) is 0 Å². The van der Waals surface area contributed by atoms with Crippen molar-refractivity contribution in [1.82, 2.24) is 14.9 Å². The summed E-state index contributed by atoms with van der Waals surface area (Å²) in [5.41, 5.74) is 3.82. The van der Waals surface area contributed by atoms with E-state index in [1.165, 1.54) is 7.11 Å². The van der Waals surface area contributed by atoms with Crippen LogP contribution in [-0.4, -0.2) is 58.4 Å². The lowest BCUT2D eigenvalue weighted by atomic mass is 10.1. The number of aryl methyl sites for hydroxylation is 1. The number of anilines is 2. The summed E-state index contributed by atoms with van der Waals surface area (Å²) < 4.78 is 4.75. The Morgan fingerprint density at radius 1 is 1.10 bits per heavy atom. The van der Waals surface area contributed by atoms with Gasteiger partial charge in [-0.2, -0.15) is 11.8 Å². The SMILES string of the molecule is COC(=O)c1ccc(Nc2c(C(=O)N3CCSCC3)cnc3nc(C)ccc23)cc1.Cl. The summed E-state index contributed by atoms with van der Waals surface area (Å²) in [5, 5.41) is 4.13. The van der Waals surface area contributed by atoms with E-state index in [4.69, 9.17) is 4.74 Å². The van der Waals surface area contributed by atoms with Gasteiger partial charge in [-0.25, -0.2) is 14.8 Å². The van der Waals surface area contributed by atoms with Gasteiger partial charge in [-0.3, -0.25) is 4.79 Å². The number of aromatic nitrogens is 2. The van der Waals surface area contributed by atoms with Crippen LogP contribution in [0, 0.1) is 6.92 Å². The van der Waals surface area contributed by atoms with Crippen LogP contribution in [0.4, 0.5) is 11.4 Å². The van der Waals surface area contributed by atoms with Crippen molar-refractivity contribution in [2.75, 3.05) is 37.0 Å². The molecule has 0 unspecified atom stereocenters. The highest BCUT2D eigenvalue weighted by Crippen LogP contribution is 2.30. The Hall–Kier alpha value is -2.84. The number of pyridine rings is 2. The molecule has 1 aliphatic rings. The van der Waals surface area contributed by atoms with Crippen LogP contribution in [0.5, 0.6) is 0 Å². The maximum Gasteiger partial charge on any atom is 0.337 e. The summed E-state index contributed by atoms with van der Waals surface area (Å²) >= 11 is 1.85. The molecule has 3 aromatic rings. The molecule has 0 radical (unpaired) electrons. The fraction of sp³-hybridized carbons (Fsp3) is 0.273. The summed E-state index contributed by atoms with van der Waals surface area (Å²) in [6.45, 7) is 3.35. The van der Waals surface area contributed by atoms with Gasteiger partial charge in [0, 0.05) is 47.6 Å². The van der Waals surface area contributed by atoms with E-state index in [9.17, 15) is 9.59 Å². The first-order chi connectivity index (χ1) is 14.6. The number of carbonyl (C=O) groups is 2. The largest absolute Gasteiger partial charge is 0.465 e. The number of methoxy groups -OCH3 is 1. The van der Waals surface area contributed by atoms with Crippen LogP contribution in [-0.2, 0) is 4.74 Å². The normalized spacial score (nSPS) is 13.4. The van der Waals surface area contributed by atoms with E-state index in [1.807, 2.05) is 35.7 Å². The topological polar surface area (TPSA) is 84.4 Å². The third-order valence-electron chi connectivity index (χ3n) is 4.97. The van der Waals surface area contributed by atoms with E-state index in [1.54, 1.807) is 30.5 Å². The maximum atomic E-state index is 13.3. The number of esters is 1. The van der Waals surface area contributed by atoms with Crippen molar-refractivity contribution in [2.24, 2.45) is 0 Å². The van der Waals surface area contributed by atoms with Gasteiger partial charge in [-0.05, 0) is 43.3 Å². The van der Waals surface area contributed by atoms with Gasteiger partial charge in [-0.15, -0.1) is 12.4 Å². The molecule has 9 heteroatoms. The van der Waals surface area contributed by atoms with Crippen LogP contribution >= 0.6 is 24.2 Å². The van der Waals surface area contributed by atoms with E-state index < -0.39 is 5.97 Å². The number of carbonyl (C=O) groups excluding carboxylic acids is 2. The number of nitrogens with zero attached hydrogens (tertiary/aromatic N) is 3. The Labute approximate surface area is 191 Å². The minimum absolute atomic E-state index is 0. The maximum absolute atomic E-state index is 13.3. The number of fused-ring (bicyclic) bond motifs is 1. The molecule has 1 saturated heterocycles. The highest BCUT2D eigenvalue weighted by molar-refractivity contribution is 7.99. The number of thioether (sulfide) groups is 1. The summed E-state index contributed by atoms with van der Waals surface area (Å²) in [4.78, 5) is 35.8. The van der Waals surface area contributed by atoms with Crippen molar-refractivity contribution >= 4 is 58.5 Å². The van der Waals surface area contributed by atoms with Crippen LogP contribution in [0.25, 0.3) is 11.0 Å². The highest BCUT2D eigenvalue weighted by Gasteiger charge is 2.23. The number of nitrogens with one attached hydrogen (secondary N) is 1. The quantitative estimate of drug-likeness (QED) is 0.589. The minimum Gasteiger partial charge on any atom is -0.465 e. The van der Waals surface area contributed by atoms with Crippen LogP contribution in [0.1, 0.15) is 26.4 Å². The van der Waals surface area contributed by atoms with Crippen molar-refractivity contribution in [1.29, 1.82) is 0 Å². The van der Waals surface area contributed by atoms with Crippen molar-refractivity contribution in [2.45, 2.75) is 6.92 Å². The molecule has 2 aromatic heterocycles. The average molecular weight is 459 g/mol. The van der Waals surface area contributed by atoms with E-state index in [0.29, 0.717) is 22.5 Å². The molecule has 0 atom stereocenters. The Morgan fingerprint density at radius 2 is 1.81 bits per heavy atom. The van der Waals surface area contributed by atoms with Crippen molar-refractivity contribution in [3.63, 3.8) is 0 Å². The van der Waals surface area contributed by atoms with Crippen molar-refractivity contribution < 1.29 is 14.3 Å². The summed E-state index contributed by atoms with van der Waals surface area (Å²) in [5.74, 6) is 1.43. The zero-order chi connectivity index (χ0) is 21.1. The third kappa shape index (κ3) is 4.91. The van der Waals surface area contributed by atoms with Gasteiger partial charge in [0.05, 0.1) is 23.9 Å². The summed E-state index contributed by atoms with van der Waals surface area (Å²) in [6, 6.07) is 10.8. The van der Waals surface area contributed by atoms with E-state index in [2.05, 4.69) is 15.3 Å². The molecule has 162 valence electrons. The number of ether oxygens (including phenoxy) is 1. The fourth-order valence-electron chi connectivity index (χ4n) is 3.36. The monoisotopic (exact) mass is 458 g/mol.